The van der Waals surface area contributed by atoms with Crippen molar-refractivity contribution in [3.05, 3.63) is 53.6 Å². The highest BCUT2D eigenvalue weighted by Crippen LogP contribution is 2.32. The molecule has 0 atom stereocenters. The second-order valence-electron chi connectivity index (χ2n) is 6.61. The number of hydrogen-bond donors (Lipinski definition) is 1. The van der Waals surface area contributed by atoms with Crippen LogP contribution in [-0.2, 0) is 16.4 Å². The number of methoxy groups -OCH3 is 1. The second kappa shape index (κ2) is 8.08. The van der Waals surface area contributed by atoms with Gasteiger partial charge in [-0.15, -0.1) is 0 Å². The van der Waals surface area contributed by atoms with Gasteiger partial charge in [-0.05, 0) is 48.7 Å². The van der Waals surface area contributed by atoms with Crippen LogP contribution in [-0.4, -0.2) is 44.5 Å². The van der Waals surface area contributed by atoms with Crippen molar-refractivity contribution in [3.8, 4) is 5.75 Å². The van der Waals surface area contributed by atoms with Gasteiger partial charge in [0.2, 0.25) is 10.0 Å². The maximum atomic E-state index is 12.2. The van der Waals surface area contributed by atoms with E-state index in [0.717, 1.165) is 34.6 Å². The lowest BCUT2D eigenvalue weighted by atomic mass is 10.1. The number of nitrogens with zero attached hydrogens (tertiary/aromatic N) is 3. The molecule has 0 amide bonds. The molecule has 0 aliphatic carbocycles. The van der Waals surface area contributed by atoms with Crippen LogP contribution >= 0.6 is 11.8 Å². The van der Waals surface area contributed by atoms with Crippen molar-refractivity contribution in [2.24, 2.45) is 10.1 Å². The van der Waals surface area contributed by atoms with E-state index >= 15 is 0 Å². The van der Waals surface area contributed by atoms with Crippen LogP contribution in [0, 0.1) is 0 Å². The molecule has 0 saturated heterocycles. The molecule has 29 heavy (non-hydrogen) atoms. The van der Waals surface area contributed by atoms with E-state index in [4.69, 9.17) is 4.74 Å². The van der Waals surface area contributed by atoms with Gasteiger partial charge in [-0.3, -0.25) is 9.73 Å². The number of aliphatic imine (C=N–C) groups is 1. The lowest BCUT2D eigenvalue weighted by molar-refractivity contribution is 0.416. The predicted molar refractivity (Wildman–Crippen MR) is 119 cm³/mol. The minimum atomic E-state index is -3.23. The normalized spacial score (nSPS) is 17.7. The van der Waals surface area contributed by atoms with Crippen molar-refractivity contribution in [1.82, 2.24) is 5.43 Å². The van der Waals surface area contributed by atoms with Gasteiger partial charge >= 0.3 is 0 Å². The van der Waals surface area contributed by atoms with Crippen molar-refractivity contribution in [3.63, 3.8) is 0 Å². The van der Waals surface area contributed by atoms with Crippen molar-refractivity contribution >= 4 is 44.0 Å². The lowest BCUT2D eigenvalue weighted by Gasteiger charge is -2.19. The van der Waals surface area contributed by atoms with Crippen molar-refractivity contribution in [2.75, 3.05) is 29.5 Å². The SMILES string of the molecule is CCS(=O)(=O)N1CCc2cc(C3=NNC(=Nc4ccccc4OC)SC3)ccc21. The number of anilines is 1. The fraction of sp³-hybridized carbons (Fsp3) is 0.300. The molecule has 0 unspecified atom stereocenters. The van der Waals surface area contributed by atoms with Crippen LogP contribution in [0.15, 0.2) is 52.6 Å². The summed E-state index contributed by atoms with van der Waals surface area (Å²) < 4.78 is 31.3. The van der Waals surface area contributed by atoms with Gasteiger partial charge in [0.05, 0.1) is 24.3 Å². The number of sulfonamides is 1. The lowest BCUT2D eigenvalue weighted by Crippen LogP contribution is -2.30. The van der Waals surface area contributed by atoms with Crippen LogP contribution in [0.5, 0.6) is 5.75 Å². The fourth-order valence-electron chi connectivity index (χ4n) is 3.35. The molecule has 0 spiro atoms. The zero-order valence-electron chi connectivity index (χ0n) is 16.3. The summed E-state index contributed by atoms with van der Waals surface area (Å²) in [6, 6.07) is 13.4. The summed E-state index contributed by atoms with van der Waals surface area (Å²) >= 11 is 1.57. The minimum Gasteiger partial charge on any atom is -0.494 e. The van der Waals surface area contributed by atoms with E-state index in [9.17, 15) is 8.42 Å². The zero-order chi connectivity index (χ0) is 20.4. The monoisotopic (exact) mass is 430 g/mol. The molecule has 0 fully saturated rings. The number of thioether (sulfide) groups is 1. The molecular weight excluding hydrogens is 408 g/mol. The number of amidine groups is 1. The third kappa shape index (κ3) is 3.97. The smallest absolute Gasteiger partial charge is 0.234 e. The molecular formula is C20H22N4O3S2. The van der Waals surface area contributed by atoms with E-state index in [1.54, 1.807) is 25.8 Å². The third-order valence-corrected chi connectivity index (χ3v) is 7.56. The van der Waals surface area contributed by atoms with E-state index in [1.165, 1.54) is 4.31 Å². The molecule has 2 aromatic rings. The Kier molecular flexibility index (Phi) is 5.51. The van der Waals surface area contributed by atoms with Gasteiger partial charge in [-0.1, -0.05) is 30.0 Å². The summed E-state index contributed by atoms with van der Waals surface area (Å²) in [5.74, 6) is 1.49. The summed E-state index contributed by atoms with van der Waals surface area (Å²) in [5, 5.41) is 5.19. The highest BCUT2D eigenvalue weighted by Gasteiger charge is 2.28. The van der Waals surface area contributed by atoms with Crippen LogP contribution in [0.2, 0.25) is 0 Å². The molecule has 2 aliphatic rings. The summed E-state index contributed by atoms with van der Waals surface area (Å²) in [4.78, 5) is 4.58. The maximum absolute atomic E-state index is 12.2. The number of hydrogen-bond acceptors (Lipinski definition) is 6. The first-order valence-electron chi connectivity index (χ1n) is 9.32. The minimum absolute atomic E-state index is 0.107. The Morgan fingerprint density at radius 1 is 1.28 bits per heavy atom. The molecule has 152 valence electrons. The van der Waals surface area contributed by atoms with Crippen LogP contribution in [0.1, 0.15) is 18.1 Å². The first-order chi connectivity index (χ1) is 14.0. The summed E-state index contributed by atoms with van der Waals surface area (Å²) in [7, 11) is -1.61. The number of ether oxygens (including phenoxy) is 1. The fourth-order valence-corrected chi connectivity index (χ4v) is 5.29. The molecule has 4 rings (SSSR count). The van der Waals surface area contributed by atoms with Gasteiger partial charge in [-0.25, -0.2) is 13.4 Å². The molecule has 0 saturated carbocycles. The Morgan fingerprint density at radius 3 is 2.83 bits per heavy atom. The number of nitrogens with one attached hydrogen (secondary N) is 1. The Hall–Kier alpha value is -2.52. The average molecular weight is 431 g/mol. The highest BCUT2D eigenvalue weighted by molar-refractivity contribution is 8.14. The zero-order valence-corrected chi connectivity index (χ0v) is 17.9. The number of para-hydroxylation sites is 2. The molecule has 2 aliphatic heterocycles. The maximum Gasteiger partial charge on any atom is 0.234 e. The summed E-state index contributed by atoms with van der Waals surface area (Å²) in [5.41, 5.74) is 7.50. The third-order valence-electron chi connectivity index (χ3n) is 4.91. The molecule has 0 radical (unpaired) electrons. The quantitative estimate of drug-likeness (QED) is 0.788. The average Bonchev–Trinajstić information content (AvgIpc) is 3.19. The Balaban J connectivity index is 1.54. The summed E-state index contributed by atoms with van der Waals surface area (Å²) in [6.45, 7) is 2.18. The number of fused-ring (bicyclic) bond motifs is 1. The molecule has 7 nitrogen and oxygen atoms in total. The molecule has 0 aromatic heterocycles. The van der Waals surface area contributed by atoms with Crippen LogP contribution in [0.3, 0.4) is 0 Å². The first kappa shape index (κ1) is 19.8. The Labute approximate surface area is 174 Å². The molecule has 9 heteroatoms. The Bertz CT molecular complexity index is 1100. The summed E-state index contributed by atoms with van der Waals surface area (Å²) in [6.07, 6.45) is 0.719. The van der Waals surface area contributed by atoms with Gasteiger partial charge in [-0.2, -0.15) is 5.10 Å². The molecule has 2 heterocycles. The van der Waals surface area contributed by atoms with Crippen molar-refractivity contribution < 1.29 is 13.2 Å². The van der Waals surface area contributed by atoms with Gasteiger partial charge in [0, 0.05) is 12.3 Å². The van der Waals surface area contributed by atoms with E-state index in [1.807, 2.05) is 42.5 Å². The van der Waals surface area contributed by atoms with Crippen LogP contribution in [0.25, 0.3) is 0 Å². The van der Waals surface area contributed by atoms with Crippen LogP contribution < -0.4 is 14.5 Å². The van der Waals surface area contributed by atoms with E-state index in [0.29, 0.717) is 23.2 Å². The number of hydrazone groups is 1. The van der Waals surface area contributed by atoms with Crippen molar-refractivity contribution in [2.45, 2.75) is 13.3 Å². The first-order valence-corrected chi connectivity index (χ1v) is 11.9. The number of benzene rings is 2. The van der Waals surface area contributed by atoms with E-state index < -0.39 is 10.0 Å². The van der Waals surface area contributed by atoms with Gasteiger partial charge in [0.15, 0.2) is 5.17 Å². The molecule has 0 bridgehead atoms. The van der Waals surface area contributed by atoms with Gasteiger partial charge < -0.3 is 4.74 Å². The molecule has 2 aromatic carbocycles. The predicted octanol–water partition coefficient (Wildman–Crippen LogP) is 3.14. The van der Waals surface area contributed by atoms with E-state index in [-0.39, 0.29) is 5.75 Å². The topological polar surface area (TPSA) is 83.4 Å². The van der Waals surface area contributed by atoms with Gasteiger partial charge in [0.1, 0.15) is 11.4 Å². The second-order valence-corrected chi connectivity index (χ2v) is 9.76. The molecule has 1 N–H and O–H groups in total. The largest absolute Gasteiger partial charge is 0.494 e. The number of rotatable bonds is 5. The van der Waals surface area contributed by atoms with Gasteiger partial charge in [0.25, 0.3) is 0 Å². The Morgan fingerprint density at radius 2 is 2.10 bits per heavy atom. The standard InChI is InChI=1S/C20H22N4O3S2/c1-3-29(25,26)24-11-10-15-12-14(8-9-18(15)24)17-13-28-20(23-22-17)21-16-6-4-5-7-19(16)27-2/h4-9,12H,3,10-11,13H2,1-2H3,(H,21,23). The highest BCUT2D eigenvalue weighted by atomic mass is 32.2. The van der Waals surface area contributed by atoms with Crippen molar-refractivity contribution in [1.29, 1.82) is 0 Å². The van der Waals surface area contributed by atoms with Crippen LogP contribution in [0.4, 0.5) is 11.4 Å². The van der Waals surface area contributed by atoms with E-state index in [2.05, 4.69) is 15.5 Å².